The number of carbonyl (C=O) groups excluding carboxylic acids is 1. The topological polar surface area (TPSA) is 107 Å². The number of carbonyl (C=O) groups is 1. The van der Waals surface area contributed by atoms with Crippen LogP contribution >= 0.6 is 0 Å². The molecule has 20 heavy (non-hydrogen) atoms. The molecule has 0 spiro atoms. The normalized spacial score (nSPS) is 18.5. The van der Waals surface area contributed by atoms with E-state index in [1.165, 1.54) is 12.1 Å². The van der Waals surface area contributed by atoms with Crippen LogP contribution in [-0.2, 0) is 0 Å². The summed E-state index contributed by atoms with van der Waals surface area (Å²) in [6.07, 6.45) is 2.12. The fourth-order valence-corrected chi connectivity index (χ4v) is 2.21. The van der Waals surface area contributed by atoms with Crippen LogP contribution in [0.2, 0.25) is 0 Å². The summed E-state index contributed by atoms with van der Waals surface area (Å²) in [6.45, 7) is 2.28. The lowest BCUT2D eigenvalue weighted by molar-refractivity contribution is -0.385. The zero-order chi connectivity index (χ0) is 14.5. The third-order valence-corrected chi connectivity index (χ3v) is 3.31. The molecule has 2 rings (SSSR count). The molecule has 7 heteroatoms. The lowest BCUT2D eigenvalue weighted by Crippen LogP contribution is -2.33. The zero-order valence-electron chi connectivity index (χ0n) is 11.0. The SMILES string of the molecule is NC(=O)c1ccc(OCC2CCCNC2)c([N+](=O)[O-])c1. The van der Waals surface area contributed by atoms with Gasteiger partial charge in [0.1, 0.15) is 0 Å². The number of primary amides is 1. The van der Waals surface area contributed by atoms with Gasteiger partial charge in [-0.05, 0) is 31.5 Å². The molecule has 3 N–H and O–H groups in total. The summed E-state index contributed by atoms with van der Waals surface area (Å²) in [5.74, 6) is -0.180. The van der Waals surface area contributed by atoms with Gasteiger partial charge in [0.05, 0.1) is 11.5 Å². The van der Waals surface area contributed by atoms with Gasteiger partial charge in [-0.15, -0.1) is 0 Å². The number of ether oxygens (including phenoxy) is 1. The van der Waals surface area contributed by atoms with Gasteiger partial charge in [0.2, 0.25) is 5.91 Å². The van der Waals surface area contributed by atoms with E-state index in [-0.39, 0.29) is 17.0 Å². The van der Waals surface area contributed by atoms with E-state index in [0.717, 1.165) is 32.0 Å². The predicted octanol–water partition coefficient (Wildman–Crippen LogP) is 1.07. The quantitative estimate of drug-likeness (QED) is 0.619. The molecule has 1 atom stereocenters. The standard InChI is InChI=1S/C13H17N3O4/c14-13(17)10-3-4-12(11(6-10)16(18)19)20-8-9-2-1-5-15-7-9/h3-4,6,9,15H,1-2,5,7-8H2,(H2,14,17). The minimum absolute atomic E-state index is 0.100. The highest BCUT2D eigenvalue weighted by Gasteiger charge is 2.20. The second kappa shape index (κ2) is 6.33. The van der Waals surface area contributed by atoms with Gasteiger partial charge in [-0.1, -0.05) is 0 Å². The number of benzene rings is 1. The number of rotatable bonds is 5. The summed E-state index contributed by atoms with van der Waals surface area (Å²) in [7, 11) is 0. The van der Waals surface area contributed by atoms with Crippen molar-refractivity contribution in [3.8, 4) is 5.75 Å². The van der Waals surface area contributed by atoms with Gasteiger partial charge >= 0.3 is 5.69 Å². The maximum atomic E-state index is 11.0. The number of hydrogen-bond acceptors (Lipinski definition) is 5. The summed E-state index contributed by atoms with van der Waals surface area (Å²) in [6, 6.07) is 4.01. The average molecular weight is 279 g/mol. The second-order valence-electron chi connectivity index (χ2n) is 4.83. The van der Waals surface area contributed by atoms with Gasteiger partial charge in [0, 0.05) is 24.1 Å². The van der Waals surface area contributed by atoms with Gasteiger partial charge in [-0.2, -0.15) is 0 Å². The van der Waals surface area contributed by atoms with Crippen LogP contribution in [0.3, 0.4) is 0 Å². The van der Waals surface area contributed by atoms with Gasteiger partial charge in [0.25, 0.3) is 0 Å². The highest BCUT2D eigenvalue weighted by atomic mass is 16.6. The molecular weight excluding hydrogens is 262 g/mol. The van der Waals surface area contributed by atoms with E-state index in [4.69, 9.17) is 10.5 Å². The van der Waals surface area contributed by atoms with Crippen molar-refractivity contribution in [3.63, 3.8) is 0 Å². The summed E-state index contributed by atoms with van der Waals surface area (Å²) < 4.78 is 5.54. The number of piperidine rings is 1. The van der Waals surface area contributed by atoms with E-state index in [1.54, 1.807) is 0 Å². The summed E-state index contributed by atoms with van der Waals surface area (Å²) >= 11 is 0. The van der Waals surface area contributed by atoms with Gasteiger partial charge in [0.15, 0.2) is 5.75 Å². The molecule has 0 saturated carbocycles. The maximum Gasteiger partial charge on any atom is 0.311 e. The van der Waals surface area contributed by atoms with E-state index in [9.17, 15) is 14.9 Å². The fraction of sp³-hybridized carbons (Fsp3) is 0.462. The van der Waals surface area contributed by atoms with Crippen LogP contribution in [0.15, 0.2) is 18.2 Å². The average Bonchev–Trinajstić information content (AvgIpc) is 2.45. The van der Waals surface area contributed by atoms with Crippen LogP contribution in [0, 0.1) is 16.0 Å². The maximum absolute atomic E-state index is 11.0. The largest absolute Gasteiger partial charge is 0.486 e. The molecule has 1 amide bonds. The molecule has 1 aromatic carbocycles. The Morgan fingerprint density at radius 3 is 2.95 bits per heavy atom. The minimum Gasteiger partial charge on any atom is -0.486 e. The van der Waals surface area contributed by atoms with Crippen molar-refractivity contribution in [1.29, 1.82) is 0 Å². The molecule has 1 heterocycles. The molecule has 108 valence electrons. The molecule has 0 bridgehead atoms. The van der Waals surface area contributed by atoms with E-state index < -0.39 is 10.8 Å². The Morgan fingerprint density at radius 1 is 1.55 bits per heavy atom. The molecule has 1 unspecified atom stereocenters. The minimum atomic E-state index is -0.698. The summed E-state index contributed by atoms with van der Waals surface area (Å²) in [5.41, 5.74) is 4.98. The van der Waals surface area contributed by atoms with Crippen molar-refractivity contribution in [3.05, 3.63) is 33.9 Å². The fourth-order valence-electron chi connectivity index (χ4n) is 2.21. The van der Waals surface area contributed by atoms with E-state index in [2.05, 4.69) is 5.32 Å². The summed E-state index contributed by atoms with van der Waals surface area (Å²) in [4.78, 5) is 21.5. The lowest BCUT2D eigenvalue weighted by Gasteiger charge is -2.22. The van der Waals surface area contributed by atoms with E-state index in [1.807, 2.05) is 0 Å². The van der Waals surface area contributed by atoms with E-state index in [0.29, 0.717) is 12.5 Å². The Morgan fingerprint density at radius 2 is 2.35 bits per heavy atom. The molecule has 0 aliphatic carbocycles. The van der Waals surface area contributed by atoms with Crippen molar-refractivity contribution in [2.24, 2.45) is 11.7 Å². The number of amides is 1. The number of nitro groups is 1. The van der Waals surface area contributed by atoms with Crippen LogP contribution in [0.5, 0.6) is 5.75 Å². The van der Waals surface area contributed by atoms with Gasteiger partial charge in [-0.3, -0.25) is 14.9 Å². The number of nitrogens with zero attached hydrogens (tertiary/aromatic N) is 1. The summed E-state index contributed by atoms with van der Waals surface area (Å²) in [5, 5.41) is 14.3. The molecule has 1 aliphatic rings. The van der Waals surface area contributed by atoms with Gasteiger partial charge in [-0.25, -0.2) is 0 Å². The van der Waals surface area contributed by atoms with Crippen LogP contribution in [-0.4, -0.2) is 30.5 Å². The van der Waals surface area contributed by atoms with Crippen molar-refractivity contribution in [1.82, 2.24) is 5.32 Å². The Kier molecular flexibility index (Phi) is 4.52. The zero-order valence-corrected chi connectivity index (χ0v) is 11.0. The van der Waals surface area contributed by atoms with Crippen LogP contribution in [0.1, 0.15) is 23.2 Å². The predicted molar refractivity (Wildman–Crippen MR) is 72.7 cm³/mol. The first-order valence-corrected chi connectivity index (χ1v) is 6.49. The Balaban J connectivity index is 2.09. The number of hydrogen-bond donors (Lipinski definition) is 2. The lowest BCUT2D eigenvalue weighted by atomic mass is 10.0. The van der Waals surface area contributed by atoms with Crippen molar-refractivity contribution >= 4 is 11.6 Å². The number of nitro benzene ring substituents is 1. The first-order chi connectivity index (χ1) is 9.58. The smallest absolute Gasteiger partial charge is 0.311 e. The molecule has 7 nitrogen and oxygen atoms in total. The van der Waals surface area contributed by atoms with Crippen LogP contribution < -0.4 is 15.8 Å². The van der Waals surface area contributed by atoms with Crippen molar-refractivity contribution in [2.75, 3.05) is 19.7 Å². The molecule has 1 aromatic rings. The van der Waals surface area contributed by atoms with Crippen molar-refractivity contribution < 1.29 is 14.5 Å². The monoisotopic (exact) mass is 279 g/mol. The van der Waals surface area contributed by atoms with E-state index >= 15 is 0 Å². The molecule has 1 saturated heterocycles. The molecular formula is C13H17N3O4. The third-order valence-electron chi connectivity index (χ3n) is 3.31. The van der Waals surface area contributed by atoms with Crippen LogP contribution in [0.25, 0.3) is 0 Å². The van der Waals surface area contributed by atoms with Crippen LogP contribution in [0.4, 0.5) is 5.69 Å². The Hall–Kier alpha value is -2.15. The highest BCUT2D eigenvalue weighted by Crippen LogP contribution is 2.28. The molecule has 0 aromatic heterocycles. The Bertz CT molecular complexity index is 512. The molecule has 1 aliphatic heterocycles. The third kappa shape index (κ3) is 3.45. The first-order valence-electron chi connectivity index (χ1n) is 6.49. The Labute approximate surface area is 116 Å². The number of nitrogens with two attached hydrogens (primary N) is 1. The number of nitrogens with one attached hydrogen (secondary N) is 1. The second-order valence-corrected chi connectivity index (χ2v) is 4.83. The van der Waals surface area contributed by atoms with Gasteiger partial charge < -0.3 is 15.8 Å². The van der Waals surface area contributed by atoms with Crippen molar-refractivity contribution in [2.45, 2.75) is 12.8 Å². The molecule has 0 radical (unpaired) electrons. The first kappa shape index (κ1) is 14.3. The molecule has 1 fully saturated rings. The highest BCUT2D eigenvalue weighted by molar-refractivity contribution is 5.93.